The van der Waals surface area contributed by atoms with Crippen molar-refractivity contribution in [2.45, 2.75) is 77.8 Å². The van der Waals surface area contributed by atoms with Crippen LogP contribution in [0.1, 0.15) is 51.0 Å². The third kappa shape index (κ3) is 16.3. The molecule has 0 aliphatic carbocycles. The van der Waals surface area contributed by atoms with Crippen molar-refractivity contribution < 1.29 is 24.2 Å². The van der Waals surface area contributed by atoms with Crippen molar-refractivity contribution in [2.75, 3.05) is 19.8 Å². The Labute approximate surface area is 317 Å². The summed E-state index contributed by atoms with van der Waals surface area (Å²) in [6.45, 7) is 19.8. The van der Waals surface area contributed by atoms with Crippen LogP contribution >= 0.6 is 23.1 Å². The maximum atomic E-state index is 13.9. The molecule has 0 aliphatic rings. The molecule has 0 saturated carbocycles. The minimum absolute atomic E-state index is 0.0450. The molecule has 11 nitrogen and oxygen atoms in total. The molecule has 52 heavy (non-hydrogen) atoms. The molecule has 2 rings (SSSR count). The number of alkyl carbamates (subject to hydrolysis) is 1. The molecule has 4 amide bonds. The number of rotatable bonds is 20. The lowest BCUT2D eigenvalue weighted by molar-refractivity contribution is -0.124. The van der Waals surface area contributed by atoms with Crippen LogP contribution in [-0.2, 0) is 22.6 Å². The number of aromatic nitrogens is 1. The van der Waals surface area contributed by atoms with Gasteiger partial charge in [-0.3, -0.25) is 9.78 Å². The van der Waals surface area contributed by atoms with Crippen LogP contribution in [0.4, 0.5) is 9.59 Å². The van der Waals surface area contributed by atoms with E-state index in [4.69, 9.17) is 4.74 Å². The Morgan fingerprint density at radius 1 is 1.13 bits per heavy atom. The highest BCUT2D eigenvalue weighted by atomic mass is 32.2. The van der Waals surface area contributed by atoms with E-state index in [9.17, 15) is 19.5 Å². The van der Waals surface area contributed by atoms with Crippen LogP contribution in [0.2, 0.25) is 0 Å². The molecule has 0 saturated heterocycles. The molecular formula is C39H54N6O5S2. The quantitative estimate of drug-likeness (QED) is 0.0513. The number of thiazole rings is 1. The molecule has 4 N–H and O–H groups in total. The summed E-state index contributed by atoms with van der Waals surface area (Å²) in [4.78, 5) is 50.8. The van der Waals surface area contributed by atoms with Gasteiger partial charge in [-0.2, -0.15) is 0 Å². The molecule has 1 unspecified atom stereocenters. The van der Waals surface area contributed by atoms with E-state index in [1.807, 2.05) is 64.3 Å². The Kier molecular flexibility index (Phi) is 19.5. The van der Waals surface area contributed by atoms with Crippen molar-refractivity contribution in [1.82, 2.24) is 25.8 Å². The Balaban J connectivity index is 2.26. The highest BCUT2D eigenvalue weighted by Crippen LogP contribution is 2.18. The number of hydrogen-bond acceptors (Lipinski definition) is 9. The lowest BCUT2D eigenvalue weighted by Gasteiger charge is -2.30. The van der Waals surface area contributed by atoms with Gasteiger partial charge in [0.2, 0.25) is 5.91 Å². The number of urea groups is 1. The van der Waals surface area contributed by atoms with Gasteiger partial charge in [0.25, 0.3) is 0 Å². The van der Waals surface area contributed by atoms with Crippen LogP contribution < -0.4 is 16.0 Å². The second kappa shape index (κ2) is 23.2. The Hall–Kier alpha value is -4.42. The molecule has 1 aromatic heterocycles. The molecule has 0 bridgehead atoms. The van der Waals surface area contributed by atoms with E-state index in [0.717, 1.165) is 15.5 Å². The van der Waals surface area contributed by atoms with Crippen molar-refractivity contribution in [3.8, 4) is 0 Å². The number of hydrogen-bond donors (Lipinski definition) is 4. The lowest BCUT2D eigenvalue weighted by atomic mass is 9.93. The van der Waals surface area contributed by atoms with Gasteiger partial charge in [-0.05, 0) is 54.7 Å². The molecule has 0 aliphatic heterocycles. The van der Waals surface area contributed by atoms with E-state index < -0.39 is 42.3 Å². The van der Waals surface area contributed by atoms with Crippen LogP contribution in [0, 0.1) is 11.8 Å². The fraction of sp³-hybridized carbons (Fsp3) is 0.436. The summed E-state index contributed by atoms with van der Waals surface area (Å²) in [6, 6.07) is 6.72. The zero-order chi connectivity index (χ0) is 38.6. The summed E-state index contributed by atoms with van der Waals surface area (Å²) >= 11 is 2.90. The highest BCUT2D eigenvalue weighted by Gasteiger charge is 2.31. The molecule has 1 heterocycles. The number of carbonyl (C=O) groups excluding carboxylic acids is 3. The standard InChI is InChI=1S/C39H54N6O5S2/c1-10-11-13-16-28(6)19-31(42-36(47)35(26(2)3)44-38(48)45(8)23-29(7)41-37(51-9)27(4)5)21-34(46)33(20-30-17-14-12-15-18-30)43-39(49)50-24-32-22-40-25-52-32/h10-12,14-18,22,25-27,31,33-35,46H,1,6-7,19-21,23-24H2,2-5,8-9H3,(H,42,47)(H,43,49)(H,44,48)/t13?,31-,33-,34-,35?/m0/s1. The predicted octanol–water partition coefficient (Wildman–Crippen LogP) is 6.66. The molecule has 4 atom stereocenters. The first kappa shape index (κ1) is 43.7. The molecule has 2 aromatic rings. The summed E-state index contributed by atoms with van der Waals surface area (Å²) in [7, 11) is 1.62. The first-order valence-electron chi connectivity index (χ1n) is 17.1. The van der Waals surface area contributed by atoms with Gasteiger partial charge < -0.3 is 30.7 Å². The zero-order valence-corrected chi connectivity index (χ0v) is 32.8. The molecular weight excluding hydrogens is 697 g/mol. The summed E-state index contributed by atoms with van der Waals surface area (Å²) in [5.74, 6) is -0.471. The Morgan fingerprint density at radius 2 is 1.85 bits per heavy atom. The largest absolute Gasteiger partial charge is 0.444 e. The summed E-state index contributed by atoms with van der Waals surface area (Å²) in [5.41, 5.74) is 6.68. The molecule has 282 valence electrons. The number of nitrogens with one attached hydrogen (secondary N) is 3. The van der Waals surface area contributed by atoms with Crippen molar-refractivity contribution in [3.63, 3.8) is 0 Å². The summed E-state index contributed by atoms with van der Waals surface area (Å²) in [6.07, 6.45) is 7.30. The lowest BCUT2D eigenvalue weighted by Crippen LogP contribution is -2.55. The van der Waals surface area contributed by atoms with E-state index in [2.05, 4.69) is 51.4 Å². The Morgan fingerprint density at radius 3 is 2.44 bits per heavy atom. The molecule has 0 radical (unpaired) electrons. The molecule has 1 aromatic carbocycles. The van der Waals surface area contributed by atoms with E-state index >= 15 is 0 Å². The van der Waals surface area contributed by atoms with E-state index in [1.165, 1.54) is 28.0 Å². The van der Waals surface area contributed by atoms with Crippen LogP contribution in [-0.4, -0.2) is 82.1 Å². The zero-order valence-electron chi connectivity index (χ0n) is 31.1. The second-order valence-electron chi connectivity index (χ2n) is 13.0. The van der Waals surface area contributed by atoms with Crippen molar-refractivity contribution >= 4 is 46.2 Å². The third-order valence-corrected chi connectivity index (χ3v) is 9.48. The normalized spacial score (nSPS) is 13.5. The molecule has 0 spiro atoms. The van der Waals surface area contributed by atoms with Crippen LogP contribution in [0.5, 0.6) is 0 Å². The van der Waals surface area contributed by atoms with Crippen molar-refractivity contribution in [3.05, 3.63) is 107 Å². The van der Waals surface area contributed by atoms with Gasteiger partial charge in [-0.25, -0.2) is 14.6 Å². The fourth-order valence-corrected chi connectivity index (χ4v) is 6.27. The average molecular weight is 751 g/mol. The van der Waals surface area contributed by atoms with Crippen LogP contribution in [0.15, 0.2) is 102 Å². The topological polar surface area (TPSA) is 145 Å². The van der Waals surface area contributed by atoms with E-state index in [1.54, 1.807) is 37.0 Å². The van der Waals surface area contributed by atoms with Crippen molar-refractivity contribution in [1.29, 1.82) is 0 Å². The number of aliphatic hydroxyl groups is 1. The van der Waals surface area contributed by atoms with Crippen LogP contribution in [0.25, 0.3) is 0 Å². The number of ether oxygens (including phenoxy) is 1. The number of amides is 4. The highest BCUT2D eigenvalue weighted by molar-refractivity contribution is 8.13. The smallest absolute Gasteiger partial charge is 0.407 e. The number of allylic oxidation sites excluding steroid dienone is 2. The van der Waals surface area contributed by atoms with Gasteiger partial charge in [0.1, 0.15) is 12.6 Å². The van der Waals surface area contributed by atoms with Gasteiger partial charge >= 0.3 is 12.1 Å². The van der Waals surface area contributed by atoms with Crippen molar-refractivity contribution in [2.24, 2.45) is 16.8 Å². The summed E-state index contributed by atoms with van der Waals surface area (Å²) in [5, 5.41) is 21.3. The Bertz CT molecular complexity index is 1570. The monoisotopic (exact) mass is 750 g/mol. The second-order valence-corrected chi connectivity index (χ2v) is 14.8. The van der Waals surface area contributed by atoms with E-state index in [0.29, 0.717) is 17.7 Å². The third-order valence-electron chi connectivity index (χ3n) is 7.74. The number of likely N-dealkylation sites (N-methyl/N-ethyl adjacent to an activating group) is 1. The van der Waals surface area contributed by atoms with Gasteiger partial charge in [-0.15, -0.1) is 28.8 Å². The van der Waals surface area contributed by atoms with E-state index in [-0.39, 0.29) is 37.8 Å². The first-order chi connectivity index (χ1) is 24.7. The number of thioether (sulfide) groups is 1. The van der Waals surface area contributed by atoms with Gasteiger partial charge in [0.05, 0.1) is 39.8 Å². The average Bonchev–Trinajstić information content (AvgIpc) is 3.62. The minimum Gasteiger partial charge on any atom is -0.444 e. The van der Waals surface area contributed by atoms with Gasteiger partial charge in [-0.1, -0.05) is 83.8 Å². The fourth-order valence-electron chi connectivity index (χ4n) is 5.07. The van der Waals surface area contributed by atoms with Crippen LogP contribution in [0.3, 0.4) is 0 Å². The maximum absolute atomic E-state index is 13.9. The number of carbonyl (C=O) groups is 3. The number of nitrogens with zero attached hydrogens (tertiary/aromatic N) is 3. The molecule has 13 heteroatoms. The SMILES string of the molecule is C=CC=C=CC(=C)C[C@@H](C[C@H](O)[C@H](Cc1ccccc1)NC(=O)OCc1cncs1)NC(=O)C(NC(=O)N(C)CC(=C)N=C(SC)C(C)C)C(C)C. The maximum Gasteiger partial charge on any atom is 0.407 e. The minimum atomic E-state index is -1.11. The number of benzene rings is 1. The number of aliphatic imine (C=N–C) groups is 1. The predicted molar refractivity (Wildman–Crippen MR) is 213 cm³/mol. The first-order valence-corrected chi connectivity index (χ1v) is 19.2. The summed E-state index contributed by atoms with van der Waals surface area (Å²) < 4.78 is 5.41. The van der Waals surface area contributed by atoms with Gasteiger partial charge in [0.15, 0.2) is 0 Å². The molecule has 0 fully saturated rings. The number of aliphatic hydroxyl groups excluding tert-OH is 1. The van der Waals surface area contributed by atoms with Gasteiger partial charge in [0, 0.05) is 25.2 Å².